The van der Waals surface area contributed by atoms with E-state index in [-0.39, 0.29) is 17.6 Å². The van der Waals surface area contributed by atoms with Crippen LogP contribution in [-0.4, -0.2) is 28.2 Å². The molecule has 0 spiro atoms. The van der Waals surface area contributed by atoms with Gasteiger partial charge in [-0.2, -0.15) is 0 Å². The van der Waals surface area contributed by atoms with Crippen LogP contribution in [0, 0.1) is 19.3 Å². The number of aryl methyl sites for hydroxylation is 2. The number of hydrogen-bond donors (Lipinski definition) is 3. The zero-order chi connectivity index (χ0) is 21.1. The van der Waals surface area contributed by atoms with Crippen molar-refractivity contribution in [2.75, 3.05) is 5.32 Å². The second kappa shape index (κ2) is 8.33. The molecule has 0 aliphatic carbocycles. The molecule has 1 atom stereocenters. The molecule has 0 aromatic heterocycles. The third-order valence-corrected chi connectivity index (χ3v) is 4.86. The lowest BCUT2D eigenvalue weighted by Crippen LogP contribution is -2.44. The monoisotopic (exact) mass is 385 g/mol. The van der Waals surface area contributed by atoms with E-state index in [1.165, 1.54) is 18.2 Å². The molecule has 28 heavy (non-hydrogen) atoms. The minimum atomic E-state index is -1.23. The van der Waals surface area contributed by atoms with Gasteiger partial charge in [-0.25, -0.2) is 4.79 Å². The fourth-order valence-corrected chi connectivity index (χ4v) is 2.96. The Morgan fingerprint density at radius 3 is 2.39 bits per heavy atom. The first-order chi connectivity index (χ1) is 13.1. The van der Waals surface area contributed by atoms with E-state index in [9.17, 15) is 14.7 Å². The van der Waals surface area contributed by atoms with Gasteiger partial charge in [0.25, 0.3) is 0 Å². The number of aromatic carboxylic acids is 1. The summed E-state index contributed by atoms with van der Waals surface area (Å²) >= 11 is 0. The SMILES string of the molecule is CC[C@H](Oc1cc(C)ccc1C)C(C)(C)C(=O)Nc1ccc(C(=O)O)c(O)c1. The maximum Gasteiger partial charge on any atom is 0.339 e. The molecule has 0 fully saturated rings. The molecule has 0 heterocycles. The Labute approximate surface area is 165 Å². The predicted molar refractivity (Wildman–Crippen MR) is 108 cm³/mol. The minimum absolute atomic E-state index is 0.220. The third-order valence-electron chi connectivity index (χ3n) is 4.86. The Balaban J connectivity index is 2.20. The summed E-state index contributed by atoms with van der Waals surface area (Å²) in [5, 5.41) is 21.6. The molecular formula is C22H27NO5. The summed E-state index contributed by atoms with van der Waals surface area (Å²) in [4.78, 5) is 23.9. The molecule has 2 rings (SSSR count). The van der Waals surface area contributed by atoms with E-state index in [4.69, 9.17) is 9.84 Å². The number of carbonyl (C=O) groups is 2. The van der Waals surface area contributed by atoms with Crippen LogP contribution in [0.1, 0.15) is 48.7 Å². The molecule has 0 aliphatic heterocycles. The van der Waals surface area contributed by atoms with Crippen molar-refractivity contribution in [3.63, 3.8) is 0 Å². The molecule has 6 heteroatoms. The number of phenols is 1. The molecule has 0 unspecified atom stereocenters. The first-order valence-corrected chi connectivity index (χ1v) is 9.18. The van der Waals surface area contributed by atoms with E-state index in [1.807, 2.05) is 39.0 Å². The zero-order valence-electron chi connectivity index (χ0n) is 16.9. The number of amides is 1. The Morgan fingerprint density at radius 2 is 1.82 bits per heavy atom. The predicted octanol–water partition coefficient (Wildman–Crippen LogP) is 4.53. The van der Waals surface area contributed by atoms with Crippen molar-refractivity contribution in [3.05, 3.63) is 53.1 Å². The van der Waals surface area contributed by atoms with Crippen LogP contribution in [0.2, 0.25) is 0 Å². The summed E-state index contributed by atoms with van der Waals surface area (Å²) in [7, 11) is 0. The maximum absolute atomic E-state index is 12.9. The summed E-state index contributed by atoms with van der Waals surface area (Å²) in [5.41, 5.74) is 1.30. The summed E-state index contributed by atoms with van der Waals surface area (Å²) in [5.74, 6) is -1.17. The molecular weight excluding hydrogens is 358 g/mol. The lowest BCUT2D eigenvalue weighted by Gasteiger charge is -2.33. The van der Waals surface area contributed by atoms with Crippen LogP contribution in [0.25, 0.3) is 0 Å². The van der Waals surface area contributed by atoms with Crippen molar-refractivity contribution in [1.82, 2.24) is 0 Å². The molecule has 150 valence electrons. The second-order valence-corrected chi connectivity index (χ2v) is 7.50. The fraction of sp³-hybridized carbons (Fsp3) is 0.364. The average Bonchev–Trinajstić information content (AvgIpc) is 2.61. The Morgan fingerprint density at radius 1 is 1.14 bits per heavy atom. The Hall–Kier alpha value is -3.02. The van der Waals surface area contributed by atoms with Crippen LogP contribution < -0.4 is 10.1 Å². The van der Waals surface area contributed by atoms with E-state index in [1.54, 1.807) is 13.8 Å². The maximum atomic E-state index is 12.9. The quantitative estimate of drug-likeness (QED) is 0.651. The summed E-state index contributed by atoms with van der Waals surface area (Å²) < 4.78 is 6.19. The van der Waals surface area contributed by atoms with Crippen LogP contribution in [0.5, 0.6) is 11.5 Å². The Kier molecular flexibility index (Phi) is 6.33. The van der Waals surface area contributed by atoms with E-state index in [2.05, 4.69) is 5.32 Å². The number of anilines is 1. The second-order valence-electron chi connectivity index (χ2n) is 7.50. The van der Waals surface area contributed by atoms with Gasteiger partial charge in [-0.3, -0.25) is 4.79 Å². The van der Waals surface area contributed by atoms with Crippen LogP contribution >= 0.6 is 0 Å². The van der Waals surface area contributed by atoms with E-state index in [0.717, 1.165) is 16.9 Å². The van der Waals surface area contributed by atoms with Crippen molar-refractivity contribution in [2.45, 2.75) is 47.1 Å². The van der Waals surface area contributed by atoms with Crippen LogP contribution in [0.15, 0.2) is 36.4 Å². The minimum Gasteiger partial charge on any atom is -0.507 e. The highest BCUT2D eigenvalue weighted by Gasteiger charge is 2.38. The molecule has 0 radical (unpaired) electrons. The van der Waals surface area contributed by atoms with Crippen molar-refractivity contribution in [1.29, 1.82) is 0 Å². The van der Waals surface area contributed by atoms with Gasteiger partial charge in [-0.05, 0) is 63.4 Å². The molecule has 0 saturated carbocycles. The van der Waals surface area contributed by atoms with Crippen molar-refractivity contribution in [2.24, 2.45) is 5.41 Å². The molecule has 2 aromatic rings. The van der Waals surface area contributed by atoms with Gasteiger partial charge >= 0.3 is 5.97 Å². The molecule has 0 saturated heterocycles. The van der Waals surface area contributed by atoms with Crippen LogP contribution in [-0.2, 0) is 4.79 Å². The Bertz CT molecular complexity index is 888. The number of carbonyl (C=O) groups excluding carboxylic acids is 1. The van der Waals surface area contributed by atoms with Gasteiger partial charge in [-0.1, -0.05) is 19.1 Å². The van der Waals surface area contributed by atoms with Crippen LogP contribution in [0.4, 0.5) is 5.69 Å². The number of ether oxygens (including phenoxy) is 1. The standard InChI is InChI=1S/C22H27NO5/c1-6-19(28-18-11-13(2)7-8-14(18)3)22(4,5)21(27)23-15-9-10-16(20(25)26)17(24)12-15/h7-12,19,24H,6H2,1-5H3,(H,23,27)(H,25,26)/t19-/m0/s1. The zero-order valence-corrected chi connectivity index (χ0v) is 16.9. The van der Waals surface area contributed by atoms with Gasteiger partial charge in [0.05, 0.1) is 5.41 Å². The van der Waals surface area contributed by atoms with E-state index >= 15 is 0 Å². The first-order valence-electron chi connectivity index (χ1n) is 9.18. The number of carboxylic acid groups (broad SMARTS) is 1. The van der Waals surface area contributed by atoms with Crippen molar-refractivity contribution < 1.29 is 24.5 Å². The summed E-state index contributed by atoms with van der Waals surface area (Å²) in [6.07, 6.45) is 0.247. The lowest BCUT2D eigenvalue weighted by atomic mass is 9.83. The van der Waals surface area contributed by atoms with Gasteiger partial charge < -0.3 is 20.3 Å². The van der Waals surface area contributed by atoms with Crippen molar-refractivity contribution >= 4 is 17.6 Å². The highest BCUT2D eigenvalue weighted by atomic mass is 16.5. The van der Waals surface area contributed by atoms with Gasteiger partial charge in [-0.15, -0.1) is 0 Å². The van der Waals surface area contributed by atoms with Gasteiger partial charge in [0.1, 0.15) is 23.2 Å². The average molecular weight is 385 g/mol. The fourth-order valence-electron chi connectivity index (χ4n) is 2.96. The smallest absolute Gasteiger partial charge is 0.339 e. The highest BCUT2D eigenvalue weighted by Crippen LogP contribution is 2.32. The highest BCUT2D eigenvalue weighted by molar-refractivity contribution is 5.97. The number of aromatic hydroxyl groups is 1. The topological polar surface area (TPSA) is 95.9 Å². The van der Waals surface area contributed by atoms with Gasteiger partial charge in [0, 0.05) is 11.8 Å². The number of nitrogens with one attached hydrogen (secondary N) is 1. The normalized spacial score (nSPS) is 12.3. The molecule has 0 aliphatic rings. The third kappa shape index (κ3) is 4.63. The number of hydrogen-bond acceptors (Lipinski definition) is 4. The van der Waals surface area contributed by atoms with E-state index in [0.29, 0.717) is 12.1 Å². The first kappa shape index (κ1) is 21.3. The molecule has 3 N–H and O–H groups in total. The number of carboxylic acids is 1. The molecule has 6 nitrogen and oxygen atoms in total. The largest absolute Gasteiger partial charge is 0.507 e. The van der Waals surface area contributed by atoms with Crippen molar-refractivity contribution in [3.8, 4) is 11.5 Å². The number of benzene rings is 2. The summed E-state index contributed by atoms with van der Waals surface area (Å²) in [6, 6.07) is 9.87. The van der Waals surface area contributed by atoms with Crippen LogP contribution in [0.3, 0.4) is 0 Å². The summed E-state index contributed by atoms with van der Waals surface area (Å²) in [6.45, 7) is 9.50. The number of rotatable bonds is 7. The molecule has 2 aromatic carbocycles. The van der Waals surface area contributed by atoms with Gasteiger partial charge in [0.2, 0.25) is 5.91 Å². The van der Waals surface area contributed by atoms with E-state index < -0.39 is 17.1 Å². The molecule has 1 amide bonds. The molecule has 0 bridgehead atoms. The van der Waals surface area contributed by atoms with Gasteiger partial charge in [0.15, 0.2) is 0 Å². The lowest BCUT2D eigenvalue weighted by molar-refractivity contribution is -0.128.